The van der Waals surface area contributed by atoms with E-state index in [-0.39, 0.29) is 18.8 Å². The number of sulfone groups is 1. The van der Waals surface area contributed by atoms with Gasteiger partial charge in [0.15, 0.2) is 0 Å². The second-order valence-corrected chi connectivity index (χ2v) is 6.99. The molecule has 0 aromatic carbocycles. The molecule has 108 valence electrons. The molecule has 18 heavy (non-hydrogen) atoms. The molecule has 1 heterocycles. The first-order valence-corrected chi connectivity index (χ1v) is 7.92. The van der Waals surface area contributed by atoms with Crippen LogP contribution in [0.5, 0.6) is 0 Å². The minimum atomic E-state index is -4.20. The van der Waals surface area contributed by atoms with Crippen LogP contribution in [0.2, 0.25) is 0 Å². The molecule has 1 unspecified atom stereocenters. The summed E-state index contributed by atoms with van der Waals surface area (Å²) in [7, 11) is -3.04. The molecule has 0 aliphatic carbocycles. The van der Waals surface area contributed by atoms with Crippen LogP contribution in [0.25, 0.3) is 0 Å². The van der Waals surface area contributed by atoms with E-state index in [2.05, 4.69) is 5.32 Å². The molecule has 8 heteroatoms. The Morgan fingerprint density at radius 1 is 1.39 bits per heavy atom. The van der Waals surface area contributed by atoms with Crippen LogP contribution in [0.3, 0.4) is 0 Å². The molecule has 0 amide bonds. The number of nitrogens with one attached hydrogen (secondary N) is 1. The minimum Gasteiger partial charge on any atom is -0.315 e. The highest BCUT2D eigenvalue weighted by atomic mass is 32.2. The lowest BCUT2D eigenvalue weighted by molar-refractivity contribution is -0.175. The topological polar surface area (TPSA) is 49.4 Å². The quantitative estimate of drug-likeness (QED) is 0.819. The van der Waals surface area contributed by atoms with Crippen LogP contribution in [-0.4, -0.2) is 64.2 Å². The maximum Gasteiger partial charge on any atom is 0.394 e. The number of hydrogen-bond donors (Lipinski definition) is 1. The average Bonchev–Trinajstić information content (AvgIpc) is 2.40. The Kier molecular flexibility index (Phi) is 5.42. The summed E-state index contributed by atoms with van der Waals surface area (Å²) in [6, 6.07) is 0. The standard InChI is InChI=1S/C10H19F3N2O2S/c1-18(16,17)6-2-4-15-5-3-14-7-9(8-15)10(11,12)13/h9,14H,2-8H2,1H3. The zero-order valence-corrected chi connectivity index (χ0v) is 11.1. The fraction of sp³-hybridized carbons (Fsp3) is 1.00. The van der Waals surface area contributed by atoms with Crippen molar-refractivity contribution in [1.29, 1.82) is 0 Å². The van der Waals surface area contributed by atoms with Gasteiger partial charge in [-0.15, -0.1) is 0 Å². The molecule has 1 fully saturated rings. The molecule has 0 saturated carbocycles. The Balaban J connectivity index is 2.45. The zero-order valence-electron chi connectivity index (χ0n) is 10.3. The third-order valence-electron chi connectivity index (χ3n) is 2.93. The number of rotatable bonds is 4. The van der Waals surface area contributed by atoms with Crippen LogP contribution in [0.15, 0.2) is 0 Å². The largest absolute Gasteiger partial charge is 0.394 e. The minimum absolute atomic E-state index is 0.0214. The summed E-state index contributed by atoms with van der Waals surface area (Å²) in [4.78, 5) is 1.68. The molecular weight excluding hydrogens is 269 g/mol. The molecule has 1 rings (SSSR count). The van der Waals surface area contributed by atoms with E-state index < -0.39 is 21.9 Å². The van der Waals surface area contributed by atoms with Crippen LogP contribution in [0.4, 0.5) is 13.2 Å². The lowest BCUT2D eigenvalue weighted by atomic mass is 10.1. The van der Waals surface area contributed by atoms with Gasteiger partial charge in [-0.2, -0.15) is 13.2 Å². The Morgan fingerprint density at radius 3 is 2.61 bits per heavy atom. The van der Waals surface area contributed by atoms with E-state index in [0.29, 0.717) is 26.1 Å². The summed E-state index contributed by atoms with van der Waals surface area (Å²) >= 11 is 0. The highest BCUT2D eigenvalue weighted by Crippen LogP contribution is 2.27. The molecule has 1 N–H and O–H groups in total. The van der Waals surface area contributed by atoms with Gasteiger partial charge in [0, 0.05) is 32.4 Å². The summed E-state index contributed by atoms with van der Waals surface area (Å²) in [6.07, 6.45) is -2.69. The summed E-state index contributed by atoms with van der Waals surface area (Å²) in [6.45, 7) is 1.30. The van der Waals surface area contributed by atoms with Gasteiger partial charge in [0.05, 0.1) is 11.7 Å². The summed E-state index contributed by atoms with van der Waals surface area (Å²) in [5, 5.41) is 2.76. The Morgan fingerprint density at radius 2 is 2.06 bits per heavy atom. The lowest BCUT2D eigenvalue weighted by Crippen LogP contribution is -2.38. The lowest BCUT2D eigenvalue weighted by Gasteiger charge is -2.25. The van der Waals surface area contributed by atoms with E-state index in [1.807, 2.05) is 0 Å². The van der Waals surface area contributed by atoms with Crippen LogP contribution in [0.1, 0.15) is 6.42 Å². The smallest absolute Gasteiger partial charge is 0.315 e. The maximum atomic E-state index is 12.6. The van der Waals surface area contributed by atoms with Crippen molar-refractivity contribution in [2.75, 3.05) is 44.7 Å². The van der Waals surface area contributed by atoms with Gasteiger partial charge in [0.1, 0.15) is 9.84 Å². The molecular formula is C10H19F3N2O2S. The van der Waals surface area contributed by atoms with Gasteiger partial charge < -0.3 is 10.2 Å². The van der Waals surface area contributed by atoms with Gasteiger partial charge in [-0.05, 0) is 13.0 Å². The van der Waals surface area contributed by atoms with Gasteiger partial charge >= 0.3 is 6.18 Å². The van der Waals surface area contributed by atoms with Crippen molar-refractivity contribution < 1.29 is 21.6 Å². The van der Waals surface area contributed by atoms with Crippen molar-refractivity contribution in [3.8, 4) is 0 Å². The normalized spacial score (nSPS) is 23.9. The second-order valence-electron chi connectivity index (χ2n) is 4.73. The number of hydrogen-bond acceptors (Lipinski definition) is 4. The third kappa shape index (κ3) is 6.01. The van der Waals surface area contributed by atoms with Crippen molar-refractivity contribution in [3.63, 3.8) is 0 Å². The van der Waals surface area contributed by atoms with Gasteiger partial charge in [-0.1, -0.05) is 0 Å². The summed E-state index contributed by atoms with van der Waals surface area (Å²) in [5.41, 5.74) is 0. The fourth-order valence-electron chi connectivity index (χ4n) is 1.95. The number of halogens is 3. The van der Waals surface area contributed by atoms with Gasteiger partial charge in [-0.3, -0.25) is 0 Å². The van der Waals surface area contributed by atoms with Crippen molar-refractivity contribution in [2.24, 2.45) is 5.92 Å². The van der Waals surface area contributed by atoms with E-state index >= 15 is 0 Å². The van der Waals surface area contributed by atoms with E-state index in [1.165, 1.54) is 0 Å². The summed E-state index contributed by atoms with van der Waals surface area (Å²) in [5.74, 6) is -1.36. The van der Waals surface area contributed by atoms with Crippen molar-refractivity contribution in [3.05, 3.63) is 0 Å². The summed E-state index contributed by atoms with van der Waals surface area (Å²) < 4.78 is 59.8. The predicted molar refractivity (Wildman–Crippen MR) is 63.2 cm³/mol. The first-order valence-electron chi connectivity index (χ1n) is 5.86. The molecule has 4 nitrogen and oxygen atoms in total. The van der Waals surface area contributed by atoms with Crippen molar-refractivity contribution >= 4 is 9.84 Å². The molecule has 0 aromatic rings. The van der Waals surface area contributed by atoms with Crippen molar-refractivity contribution in [1.82, 2.24) is 10.2 Å². The monoisotopic (exact) mass is 288 g/mol. The first kappa shape index (κ1) is 15.7. The van der Waals surface area contributed by atoms with Gasteiger partial charge in [-0.25, -0.2) is 8.42 Å². The Hall–Kier alpha value is -0.340. The maximum absolute atomic E-state index is 12.6. The van der Waals surface area contributed by atoms with Crippen LogP contribution < -0.4 is 5.32 Å². The van der Waals surface area contributed by atoms with Crippen LogP contribution in [-0.2, 0) is 9.84 Å². The molecule has 1 saturated heterocycles. The van der Waals surface area contributed by atoms with E-state index in [9.17, 15) is 21.6 Å². The number of alkyl halides is 3. The molecule has 1 aliphatic heterocycles. The number of nitrogens with zero attached hydrogens (tertiary/aromatic N) is 1. The zero-order chi connectivity index (χ0) is 13.8. The Bertz CT molecular complexity index is 357. The fourth-order valence-corrected chi connectivity index (χ4v) is 2.61. The molecule has 0 radical (unpaired) electrons. The third-order valence-corrected chi connectivity index (χ3v) is 3.96. The second kappa shape index (κ2) is 6.21. The van der Waals surface area contributed by atoms with E-state index in [1.54, 1.807) is 4.90 Å². The molecule has 1 aliphatic rings. The highest BCUT2D eigenvalue weighted by molar-refractivity contribution is 7.90. The SMILES string of the molecule is CS(=O)(=O)CCCN1CCNCC(C(F)(F)F)C1. The van der Waals surface area contributed by atoms with Gasteiger partial charge in [0.2, 0.25) is 0 Å². The first-order chi connectivity index (χ1) is 8.18. The molecule has 0 spiro atoms. The van der Waals surface area contributed by atoms with Crippen molar-refractivity contribution in [2.45, 2.75) is 12.6 Å². The average molecular weight is 288 g/mol. The van der Waals surface area contributed by atoms with Crippen LogP contribution >= 0.6 is 0 Å². The van der Waals surface area contributed by atoms with Crippen LogP contribution in [0, 0.1) is 5.92 Å². The molecule has 1 atom stereocenters. The highest BCUT2D eigenvalue weighted by Gasteiger charge is 2.40. The Labute approximate surface area is 105 Å². The van der Waals surface area contributed by atoms with Gasteiger partial charge in [0.25, 0.3) is 0 Å². The van der Waals surface area contributed by atoms with E-state index in [4.69, 9.17) is 0 Å². The molecule has 0 bridgehead atoms. The predicted octanol–water partition coefficient (Wildman–Crippen LogP) is 0.505. The van der Waals surface area contributed by atoms with E-state index in [0.717, 1.165) is 6.26 Å². The molecule has 0 aromatic heterocycles.